The summed E-state index contributed by atoms with van der Waals surface area (Å²) in [4.78, 5) is 4.80. The third kappa shape index (κ3) is 2.09. The van der Waals surface area contributed by atoms with Crippen LogP contribution in [0.25, 0.3) is 32.6 Å². The van der Waals surface area contributed by atoms with Crippen LogP contribution in [0.3, 0.4) is 0 Å². The summed E-state index contributed by atoms with van der Waals surface area (Å²) in [5, 5.41) is 14.1. The molecule has 0 saturated heterocycles. The zero-order valence-electron chi connectivity index (χ0n) is 11.3. The number of aryl methyl sites for hydroxylation is 1. The van der Waals surface area contributed by atoms with E-state index in [1.54, 1.807) is 28.4 Å². The minimum absolute atomic E-state index is 0.928. The van der Waals surface area contributed by atoms with Crippen LogP contribution in [-0.4, -0.2) is 25.0 Å². The molecule has 4 aromatic rings. The highest BCUT2D eigenvalue weighted by molar-refractivity contribution is 7.17. The molecule has 0 unspecified atom stereocenters. The van der Waals surface area contributed by atoms with E-state index >= 15 is 0 Å². The van der Waals surface area contributed by atoms with Crippen molar-refractivity contribution in [2.24, 2.45) is 7.05 Å². The number of nitrogens with zero attached hydrogens (tertiary/aromatic N) is 5. The predicted molar refractivity (Wildman–Crippen MR) is 82.8 cm³/mol. The van der Waals surface area contributed by atoms with Gasteiger partial charge in [0.15, 0.2) is 0 Å². The Hall–Kier alpha value is -2.60. The minimum Gasteiger partial charge on any atom is -0.275 e. The van der Waals surface area contributed by atoms with Crippen molar-refractivity contribution in [2.45, 2.75) is 0 Å². The fourth-order valence-corrected chi connectivity index (χ4v) is 3.19. The molecule has 6 heteroatoms. The van der Waals surface area contributed by atoms with Gasteiger partial charge in [0.2, 0.25) is 0 Å². The maximum Gasteiger partial charge on any atom is 0.0896 e. The van der Waals surface area contributed by atoms with Crippen LogP contribution in [-0.2, 0) is 7.05 Å². The fraction of sp³-hybridized carbons (Fsp3) is 0.0667. The monoisotopic (exact) mass is 293 g/mol. The third-order valence-electron chi connectivity index (χ3n) is 3.31. The molecule has 0 saturated carbocycles. The molecule has 0 fully saturated rings. The van der Waals surface area contributed by atoms with Gasteiger partial charge in [-0.1, -0.05) is 0 Å². The predicted octanol–water partition coefficient (Wildman–Crippen LogP) is 3.15. The Labute approximate surface area is 124 Å². The Morgan fingerprint density at radius 2 is 2.00 bits per heavy atom. The quantitative estimate of drug-likeness (QED) is 0.569. The van der Waals surface area contributed by atoms with Gasteiger partial charge in [-0.15, -0.1) is 11.3 Å². The van der Waals surface area contributed by atoms with Gasteiger partial charge in [0, 0.05) is 35.3 Å². The van der Waals surface area contributed by atoms with Gasteiger partial charge < -0.3 is 0 Å². The van der Waals surface area contributed by atoms with Crippen molar-refractivity contribution >= 4 is 21.6 Å². The Kier molecular flexibility index (Phi) is 2.75. The van der Waals surface area contributed by atoms with Crippen LogP contribution in [0.15, 0.2) is 48.4 Å². The molecular weight excluding hydrogens is 282 g/mol. The van der Waals surface area contributed by atoms with Crippen LogP contribution in [0, 0.1) is 0 Å². The van der Waals surface area contributed by atoms with Gasteiger partial charge in [-0.3, -0.25) is 4.68 Å². The fourth-order valence-electron chi connectivity index (χ4n) is 2.28. The van der Waals surface area contributed by atoms with E-state index in [9.17, 15) is 0 Å². The van der Waals surface area contributed by atoms with Gasteiger partial charge in [0.1, 0.15) is 0 Å². The SMILES string of the molecule is Cn1cc(-c2ccc3scc(-c4ccnnc4)c3n2)cn1. The Balaban J connectivity index is 1.90. The molecule has 21 heavy (non-hydrogen) atoms. The van der Waals surface area contributed by atoms with Crippen LogP contribution in [0.5, 0.6) is 0 Å². The number of thiophene rings is 1. The summed E-state index contributed by atoms with van der Waals surface area (Å²) in [7, 11) is 1.90. The van der Waals surface area contributed by atoms with E-state index in [4.69, 9.17) is 4.98 Å². The van der Waals surface area contributed by atoms with E-state index in [1.807, 2.05) is 31.6 Å². The molecule has 0 bridgehead atoms. The molecule has 102 valence electrons. The molecule has 0 amide bonds. The number of fused-ring (bicyclic) bond motifs is 1. The lowest BCUT2D eigenvalue weighted by atomic mass is 10.1. The van der Waals surface area contributed by atoms with Crippen molar-refractivity contribution in [1.29, 1.82) is 0 Å². The molecule has 0 aromatic carbocycles. The summed E-state index contributed by atoms with van der Waals surface area (Å²) in [5.41, 5.74) is 5.07. The van der Waals surface area contributed by atoms with E-state index in [0.717, 1.165) is 32.6 Å². The number of aromatic nitrogens is 5. The van der Waals surface area contributed by atoms with Crippen molar-refractivity contribution in [3.8, 4) is 22.4 Å². The number of rotatable bonds is 2. The van der Waals surface area contributed by atoms with Gasteiger partial charge in [0.25, 0.3) is 0 Å². The van der Waals surface area contributed by atoms with Crippen molar-refractivity contribution in [3.05, 3.63) is 48.4 Å². The van der Waals surface area contributed by atoms with Gasteiger partial charge in [-0.05, 0) is 18.2 Å². The lowest BCUT2D eigenvalue weighted by Gasteiger charge is -2.00. The zero-order valence-corrected chi connectivity index (χ0v) is 12.1. The molecule has 0 aliphatic rings. The lowest BCUT2D eigenvalue weighted by Crippen LogP contribution is -1.86. The summed E-state index contributed by atoms with van der Waals surface area (Å²) in [6.45, 7) is 0. The summed E-state index contributed by atoms with van der Waals surface area (Å²) in [6.07, 6.45) is 7.26. The van der Waals surface area contributed by atoms with E-state index < -0.39 is 0 Å². The van der Waals surface area contributed by atoms with E-state index in [2.05, 4.69) is 26.7 Å². The third-order valence-corrected chi connectivity index (χ3v) is 4.25. The highest BCUT2D eigenvalue weighted by Crippen LogP contribution is 2.33. The standard InChI is InChI=1S/C15H11N5S/c1-20-8-11(7-18-20)13-2-3-14-15(19-13)12(9-21-14)10-4-5-16-17-6-10/h2-9H,1H3. The second-order valence-electron chi connectivity index (χ2n) is 4.73. The lowest BCUT2D eigenvalue weighted by molar-refractivity contribution is 0.768. The maximum atomic E-state index is 4.80. The average molecular weight is 293 g/mol. The second-order valence-corrected chi connectivity index (χ2v) is 5.64. The smallest absolute Gasteiger partial charge is 0.0896 e. The summed E-state index contributed by atoms with van der Waals surface area (Å²) in [5.74, 6) is 0. The highest BCUT2D eigenvalue weighted by Gasteiger charge is 2.10. The van der Waals surface area contributed by atoms with Gasteiger partial charge in [0.05, 0.1) is 34.5 Å². The molecule has 0 aliphatic heterocycles. The molecule has 0 radical (unpaired) electrons. The molecule has 0 spiro atoms. The largest absolute Gasteiger partial charge is 0.275 e. The highest BCUT2D eigenvalue weighted by atomic mass is 32.1. The summed E-state index contributed by atoms with van der Waals surface area (Å²) >= 11 is 1.69. The van der Waals surface area contributed by atoms with Crippen molar-refractivity contribution in [2.75, 3.05) is 0 Å². The van der Waals surface area contributed by atoms with E-state index in [0.29, 0.717) is 0 Å². The van der Waals surface area contributed by atoms with Gasteiger partial charge >= 0.3 is 0 Å². The van der Waals surface area contributed by atoms with Gasteiger partial charge in [-0.25, -0.2) is 4.98 Å². The van der Waals surface area contributed by atoms with Crippen LogP contribution in [0.2, 0.25) is 0 Å². The molecule has 4 heterocycles. The topological polar surface area (TPSA) is 56.5 Å². The zero-order chi connectivity index (χ0) is 14.2. The molecule has 0 aliphatic carbocycles. The first-order chi connectivity index (χ1) is 10.3. The van der Waals surface area contributed by atoms with Crippen molar-refractivity contribution in [3.63, 3.8) is 0 Å². The average Bonchev–Trinajstić information content (AvgIpc) is 3.13. The molecular formula is C15H11N5S. The van der Waals surface area contributed by atoms with Crippen LogP contribution < -0.4 is 0 Å². The van der Waals surface area contributed by atoms with Gasteiger partial charge in [-0.2, -0.15) is 15.3 Å². The van der Waals surface area contributed by atoms with Crippen LogP contribution >= 0.6 is 11.3 Å². The summed E-state index contributed by atoms with van der Waals surface area (Å²) < 4.78 is 2.94. The Bertz CT molecular complexity index is 910. The van der Waals surface area contributed by atoms with Crippen molar-refractivity contribution < 1.29 is 0 Å². The van der Waals surface area contributed by atoms with Crippen LogP contribution in [0.4, 0.5) is 0 Å². The first-order valence-corrected chi connectivity index (χ1v) is 7.33. The first-order valence-electron chi connectivity index (χ1n) is 6.45. The van der Waals surface area contributed by atoms with Crippen LogP contribution in [0.1, 0.15) is 0 Å². The maximum absolute atomic E-state index is 4.80. The minimum atomic E-state index is 0.928. The van der Waals surface area contributed by atoms with E-state index in [1.165, 1.54) is 0 Å². The van der Waals surface area contributed by atoms with E-state index in [-0.39, 0.29) is 0 Å². The number of hydrogen-bond acceptors (Lipinski definition) is 5. The molecule has 0 atom stereocenters. The molecule has 0 N–H and O–H groups in total. The number of hydrogen-bond donors (Lipinski definition) is 0. The molecule has 4 rings (SSSR count). The number of pyridine rings is 1. The Morgan fingerprint density at radius 3 is 2.76 bits per heavy atom. The van der Waals surface area contributed by atoms with Crippen molar-refractivity contribution in [1.82, 2.24) is 25.0 Å². The molecule has 5 nitrogen and oxygen atoms in total. The Morgan fingerprint density at radius 1 is 1.05 bits per heavy atom. The first kappa shape index (κ1) is 12.2. The summed E-state index contributed by atoms with van der Waals surface area (Å²) in [6, 6.07) is 6.09. The normalized spacial score (nSPS) is 11.1. The molecule has 4 aromatic heterocycles. The second kappa shape index (κ2) is 4.75.